The van der Waals surface area contributed by atoms with Crippen molar-refractivity contribution in [3.63, 3.8) is 0 Å². The fourth-order valence-electron chi connectivity index (χ4n) is 0.968. The highest BCUT2D eigenvalue weighted by molar-refractivity contribution is 7.09. The number of hydrogen-bond acceptors (Lipinski definition) is 3. The molecule has 1 aromatic heterocycles. The minimum absolute atomic E-state index is 0.738. The van der Waals surface area contributed by atoms with Crippen LogP contribution in [0.5, 0.6) is 0 Å². The second kappa shape index (κ2) is 4.49. The van der Waals surface area contributed by atoms with Gasteiger partial charge in [-0.2, -0.15) is 0 Å². The maximum atomic E-state index is 5.42. The summed E-state index contributed by atoms with van der Waals surface area (Å²) in [5.41, 5.74) is 5.42. The van der Waals surface area contributed by atoms with Crippen LogP contribution in [0.2, 0.25) is 0 Å². The lowest BCUT2D eigenvalue weighted by Crippen LogP contribution is -2.24. The van der Waals surface area contributed by atoms with E-state index in [1.54, 1.807) is 11.3 Å². The number of rotatable bonds is 4. The highest BCUT2D eigenvalue weighted by Crippen LogP contribution is 2.09. The highest BCUT2D eigenvalue weighted by atomic mass is 32.1. The van der Waals surface area contributed by atoms with Crippen molar-refractivity contribution in [3.8, 4) is 0 Å². The first-order valence-electron chi connectivity index (χ1n) is 3.74. The van der Waals surface area contributed by atoms with E-state index in [-0.39, 0.29) is 0 Å². The molecule has 2 nitrogen and oxygen atoms in total. The molecule has 0 saturated carbocycles. The Balaban J connectivity index is 2.31. The molecule has 0 aliphatic carbocycles. The molecule has 0 unspecified atom stereocenters. The molecule has 0 spiro atoms. The Hall–Kier alpha value is -0.380. The Morgan fingerprint density at radius 3 is 3.00 bits per heavy atom. The molecule has 0 fully saturated rings. The molecule has 0 aromatic carbocycles. The summed E-state index contributed by atoms with van der Waals surface area (Å²) < 4.78 is 0. The average molecular weight is 170 g/mol. The number of likely N-dealkylation sites (N-methyl/N-ethyl adjacent to an activating group) is 1. The van der Waals surface area contributed by atoms with Gasteiger partial charge < -0.3 is 10.6 Å². The van der Waals surface area contributed by atoms with Gasteiger partial charge in [-0.1, -0.05) is 6.07 Å². The Bertz CT molecular complexity index is 184. The van der Waals surface area contributed by atoms with Crippen LogP contribution < -0.4 is 5.73 Å². The number of nitrogens with two attached hydrogens (primary N) is 1. The first-order chi connectivity index (χ1) is 5.33. The van der Waals surface area contributed by atoms with Crippen molar-refractivity contribution < 1.29 is 0 Å². The first kappa shape index (κ1) is 8.71. The van der Waals surface area contributed by atoms with Gasteiger partial charge in [-0.25, -0.2) is 0 Å². The molecule has 0 radical (unpaired) electrons. The molecule has 3 heteroatoms. The molecule has 0 aliphatic heterocycles. The Morgan fingerprint density at radius 1 is 1.64 bits per heavy atom. The molecule has 0 aliphatic rings. The minimum Gasteiger partial charge on any atom is -0.329 e. The van der Waals surface area contributed by atoms with E-state index in [1.807, 2.05) is 0 Å². The lowest BCUT2D eigenvalue weighted by atomic mass is 10.4. The largest absolute Gasteiger partial charge is 0.329 e. The Labute approximate surface area is 71.6 Å². The van der Waals surface area contributed by atoms with Crippen molar-refractivity contribution in [1.29, 1.82) is 0 Å². The van der Waals surface area contributed by atoms with E-state index in [1.165, 1.54) is 4.88 Å². The number of hydrogen-bond donors (Lipinski definition) is 1. The van der Waals surface area contributed by atoms with Crippen LogP contribution >= 0.6 is 11.3 Å². The zero-order chi connectivity index (χ0) is 8.10. The van der Waals surface area contributed by atoms with Crippen LogP contribution in [0.25, 0.3) is 0 Å². The molecule has 0 saturated heterocycles. The van der Waals surface area contributed by atoms with Gasteiger partial charge in [-0.3, -0.25) is 0 Å². The van der Waals surface area contributed by atoms with Gasteiger partial charge in [-0.05, 0) is 18.5 Å². The summed E-state index contributed by atoms with van der Waals surface area (Å²) in [4.78, 5) is 3.63. The lowest BCUT2D eigenvalue weighted by molar-refractivity contribution is 0.339. The predicted octanol–water partition coefficient (Wildman–Crippen LogP) is 1.14. The molecular formula is C8H14N2S. The predicted molar refractivity (Wildman–Crippen MR) is 49.7 cm³/mol. The summed E-state index contributed by atoms with van der Waals surface area (Å²) in [6.45, 7) is 2.73. The van der Waals surface area contributed by atoms with Gasteiger partial charge in [0, 0.05) is 24.5 Å². The molecule has 1 rings (SSSR count). The molecule has 0 bridgehead atoms. The summed E-state index contributed by atoms with van der Waals surface area (Å²) in [7, 11) is 2.09. The third-order valence-corrected chi connectivity index (χ3v) is 2.38. The number of thiophene rings is 1. The van der Waals surface area contributed by atoms with E-state index in [2.05, 4.69) is 29.5 Å². The van der Waals surface area contributed by atoms with Crippen molar-refractivity contribution in [2.45, 2.75) is 6.54 Å². The van der Waals surface area contributed by atoms with E-state index >= 15 is 0 Å². The summed E-state index contributed by atoms with van der Waals surface area (Å²) in [6.07, 6.45) is 0. The van der Waals surface area contributed by atoms with Crippen LogP contribution in [0.15, 0.2) is 17.5 Å². The number of nitrogens with zero attached hydrogens (tertiary/aromatic N) is 1. The fourth-order valence-corrected chi connectivity index (χ4v) is 1.75. The molecular weight excluding hydrogens is 156 g/mol. The quantitative estimate of drug-likeness (QED) is 0.734. The summed E-state index contributed by atoms with van der Waals surface area (Å²) in [5, 5.41) is 2.10. The SMILES string of the molecule is CN(CCN)Cc1cccs1. The van der Waals surface area contributed by atoms with Gasteiger partial charge in [-0.15, -0.1) is 11.3 Å². The molecule has 11 heavy (non-hydrogen) atoms. The van der Waals surface area contributed by atoms with Crippen LogP contribution in [0.4, 0.5) is 0 Å². The Morgan fingerprint density at radius 2 is 2.45 bits per heavy atom. The monoisotopic (exact) mass is 170 g/mol. The topological polar surface area (TPSA) is 29.3 Å². The molecule has 0 atom stereocenters. The van der Waals surface area contributed by atoms with E-state index in [0.717, 1.165) is 19.6 Å². The van der Waals surface area contributed by atoms with Crippen molar-refractivity contribution in [3.05, 3.63) is 22.4 Å². The second-order valence-electron chi connectivity index (χ2n) is 2.61. The maximum Gasteiger partial charge on any atom is 0.0325 e. The summed E-state index contributed by atoms with van der Waals surface area (Å²) >= 11 is 1.79. The zero-order valence-electron chi connectivity index (χ0n) is 6.79. The average Bonchev–Trinajstić information content (AvgIpc) is 2.40. The van der Waals surface area contributed by atoms with Crippen LogP contribution in [0.3, 0.4) is 0 Å². The van der Waals surface area contributed by atoms with Gasteiger partial charge >= 0.3 is 0 Å². The fraction of sp³-hybridized carbons (Fsp3) is 0.500. The molecule has 62 valence electrons. The van der Waals surface area contributed by atoms with Crippen LogP contribution in [0, 0.1) is 0 Å². The standard InChI is InChI=1S/C8H14N2S/c1-10(5-4-9)7-8-3-2-6-11-8/h2-3,6H,4-5,7,9H2,1H3. The van der Waals surface area contributed by atoms with E-state index in [0.29, 0.717) is 0 Å². The maximum absolute atomic E-state index is 5.42. The van der Waals surface area contributed by atoms with Crippen molar-refractivity contribution in [2.24, 2.45) is 5.73 Å². The zero-order valence-corrected chi connectivity index (χ0v) is 7.60. The Kier molecular flexibility index (Phi) is 3.56. The normalized spacial score (nSPS) is 10.8. The van der Waals surface area contributed by atoms with Crippen LogP contribution in [-0.4, -0.2) is 25.0 Å². The third kappa shape index (κ3) is 3.01. The van der Waals surface area contributed by atoms with E-state index in [4.69, 9.17) is 5.73 Å². The first-order valence-corrected chi connectivity index (χ1v) is 4.62. The van der Waals surface area contributed by atoms with Crippen molar-refractivity contribution >= 4 is 11.3 Å². The summed E-state index contributed by atoms with van der Waals surface area (Å²) in [6, 6.07) is 4.23. The van der Waals surface area contributed by atoms with Gasteiger partial charge in [0.2, 0.25) is 0 Å². The lowest BCUT2D eigenvalue weighted by Gasteiger charge is -2.13. The smallest absolute Gasteiger partial charge is 0.0325 e. The van der Waals surface area contributed by atoms with Crippen molar-refractivity contribution in [2.75, 3.05) is 20.1 Å². The van der Waals surface area contributed by atoms with Crippen molar-refractivity contribution in [1.82, 2.24) is 4.90 Å². The molecule has 2 N–H and O–H groups in total. The van der Waals surface area contributed by atoms with E-state index in [9.17, 15) is 0 Å². The second-order valence-corrected chi connectivity index (χ2v) is 3.64. The minimum atomic E-state index is 0.738. The molecule has 1 aromatic rings. The van der Waals surface area contributed by atoms with Crippen LogP contribution in [-0.2, 0) is 6.54 Å². The van der Waals surface area contributed by atoms with Gasteiger partial charge in [0.05, 0.1) is 0 Å². The highest BCUT2D eigenvalue weighted by Gasteiger charge is 1.98. The van der Waals surface area contributed by atoms with E-state index < -0.39 is 0 Å². The van der Waals surface area contributed by atoms with Crippen LogP contribution in [0.1, 0.15) is 4.88 Å². The summed E-state index contributed by atoms with van der Waals surface area (Å²) in [5.74, 6) is 0. The third-order valence-electron chi connectivity index (χ3n) is 1.52. The van der Waals surface area contributed by atoms with Gasteiger partial charge in [0.15, 0.2) is 0 Å². The van der Waals surface area contributed by atoms with Gasteiger partial charge in [0.25, 0.3) is 0 Å². The molecule has 1 heterocycles. The molecule has 0 amide bonds. The van der Waals surface area contributed by atoms with Gasteiger partial charge in [0.1, 0.15) is 0 Å².